The Morgan fingerprint density at radius 1 is 1.59 bits per heavy atom. The number of nitrogens with zero attached hydrogens (tertiary/aromatic N) is 3. The number of hydrogen-bond acceptors (Lipinski definition) is 4. The molecule has 0 aliphatic carbocycles. The molecule has 2 aromatic rings. The highest BCUT2D eigenvalue weighted by molar-refractivity contribution is 5.95. The molecule has 0 aromatic carbocycles. The lowest BCUT2D eigenvalue weighted by Gasteiger charge is -2.06. The monoisotopic (exact) mass is 231 g/mol. The first-order chi connectivity index (χ1) is 8.20. The number of pyridine rings is 1. The molecule has 2 aromatic heterocycles. The molecule has 0 bridgehead atoms. The van der Waals surface area contributed by atoms with Crippen molar-refractivity contribution in [3.8, 4) is 11.5 Å². The van der Waals surface area contributed by atoms with Gasteiger partial charge in [0.25, 0.3) is 0 Å². The molecule has 0 aliphatic rings. The largest absolute Gasteiger partial charge is 0.452 e. The average Bonchev–Trinajstić information content (AvgIpc) is 2.77. The number of aromatic nitrogens is 3. The van der Waals surface area contributed by atoms with Crippen molar-refractivity contribution in [3.63, 3.8) is 0 Å². The maximum Gasteiger partial charge on any atom is 0.165 e. The van der Waals surface area contributed by atoms with Gasteiger partial charge in [0, 0.05) is 12.7 Å². The third-order valence-electron chi connectivity index (χ3n) is 2.19. The van der Waals surface area contributed by atoms with Crippen LogP contribution in [0, 0.1) is 5.41 Å². The van der Waals surface area contributed by atoms with Crippen LogP contribution in [0.15, 0.2) is 30.7 Å². The van der Waals surface area contributed by atoms with E-state index in [1.807, 2.05) is 6.92 Å². The van der Waals surface area contributed by atoms with Gasteiger partial charge in [0.15, 0.2) is 11.5 Å². The highest BCUT2D eigenvalue weighted by Crippen LogP contribution is 2.22. The van der Waals surface area contributed by atoms with Gasteiger partial charge in [-0.2, -0.15) is 5.10 Å². The molecule has 0 unspecified atom stereocenters. The fourth-order valence-electron chi connectivity index (χ4n) is 1.37. The van der Waals surface area contributed by atoms with Gasteiger partial charge in [-0.3, -0.25) is 10.1 Å². The zero-order chi connectivity index (χ0) is 12.3. The summed E-state index contributed by atoms with van der Waals surface area (Å²) in [4.78, 5) is 4.00. The molecular weight excluding hydrogens is 218 g/mol. The maximum absolute atomic E-state index is 7.40. The van der Waals surface area contributed by atoms with E-state index >= 15 is 0 Å². The Balaban J connectivity index is 2.26. The lowest BCUT2D eigenvalue weighted by Crippen LogP contribution is -2.14. The van der Waals surface area contributed by atoms with Crippen molar-refractivity contribution in [1.82, 2.24) is 14.8 Å². The molecule has 0 amide bonds. The molecule has 2 rings (SSSR count). The fourth-order valence-corrected chi connectivity index (χ4v) is 1.37. The standard InChI is InChI=1S/C11H13N5O/c1-2-16-7-8(6-15-16)17-9-4-3-5-14-10(9)11(12)13/h3-7H,2H2,1H3,(H3,12,13). The average molecular weight is 231 g/mol. The molecule has 0 saturated carbocycles. The van der Waals surface area contributed by atoms with Crippen LogP contribution in [0.5, 0.6) is 11.5 Å². The van der Waals surface area contributed by atoms with E-state index in [1.54, 1.807) is 35.4 Å². The van der Waals surface area contributed by atoms with Crippen molar-refractivity contribution in [3.05, 3.63) is 36.4 Å². The predicted octanol–water partition coefficient (Wildman–Crippen LogP) is 1.37. The molecule has 17 heavy (non-hydrogen) atoms. The lowest BCUT2D eigenvalue weighted by atomic mass is 10.3. The van der Waals surface area contributed by atoms with Gasteiger partial charge in [-0.15, -0.1) is 0 Å². The Hall–Kier alpha value is -2.37. The summed E-state index contributed by atoms with van der Waals surface area (Å²) < 4.78 is 7.34. The minimum atomic E-state index is -0.122. The van der Waals surface area contributed by atoms with E-state index in [0.717, 1.165) is 6.54 Å². The highest BCUT2D eigenvalue weighted by atomic mass is 16.5. The third kappa shape index (κ3) is 2.41. The van der Waals surface area contributed by atoms with Crippen LogP contribution in [-0.2, 0) is 6.54 Å². The van der Waals surface area contributed by atoms with Gasteiger partial charge < -0.3 is 10.5 Å². The highest BCUT2D eigenvalue weighted by Gasteiger charge is 2.09. The molecule has 6 nitrogen and oxygen atoms in total. The summed E-state index contributed by atoms with van der Waals surface area (Å²) in [6.07, 6.45) is 4.95. The summed E-state index contributed by atoms with van der Waals surface area (Å²) in [7, 11) is 0. The molecule has 6 heteroatoms. The summed E-state index contributed by atoms with van der Waals surface area (Å²) in [5.41, 5.74) is 5.75. The molecule has 0 spiro atoms. The number of amidine groups is 1. The van der Waals surface area contributed by atoms with Gasteiger partial charge in [-0.25, -0.2) is 4.98 Å². The SMILES string of the molecule is CCn1cc(Oc2cccnc2C(=N)N)cn1. The van der Waals surface area contributed by atoms with Gasteiger partial charge >= 0.3 is 0 Å². The number of ether oxygens (including phenoxy) is 1. The first-order valence-corrected chi connectivity index (χ1v) is 5.20. The van der Waals surface area contributed by atoms with Crippen LogP contribution in [0.25, 0.3) is 0 Å². The minimum absolute atomic E-state index is 0.122. The Bertz CT molecular complexity index is 534. The first-order valence-electron chi connectivity index (χ1n) is 5.20. The Labute approximate surface area is 98.5 Å². The zero-order valence-electron chi connectivity index (χ0n) is 9.42. The second-order valence-electron chi connectivity index (χ2n) is 3.40. The number of rotatable bonds is 4. The smallest absolute Gasteiger partial charge is 0.165 e. The summed E-state index contributed by atoms with van der Waals surface area (Å²) >= 11 is 0. The van der Waals surface area contributed by atoms with Crippen molar-refractivity contribution in [1.29, 1.82) is 5.41 Å². The van der Waals surface area contributed by atoms with Gasteiger partial charge in [0.05, 0.1) is 12.4 Å². The van der Waals surface area contributed by atoms with Gasteiger partial charge in [0.2, 0.25) is 0 Å². The van der Waals surface area contributed by atoms with E-state index < -0.39 is 0 Å². The van der Waals surface area contributed by atoms with E-state index in [4.69, 9.17) is 15.9 Å². The van der Waals surface area contributed by atoms with E-state index in [2.05, 4.69) is 10.1 Å². The van der Waals surface area contributed by atoms with Crippen LogP contribution in [-0.4, -0.2) is 20.6 Å². The molecule has 88 valence electrons. The van der Waals surface area contributed by atoms with E-state index in [0.29, 0.717) is 17.2 Å². The first kappa shape index (κ1) is 11.1. The Kier molecular flexibility index (Phi) is 3.04. The number of nitrogens with one attached hydrogen (secondary N) is 1. The van der Waals surface area contributed by atoms with Crippen molar-refractivity contribution in [2.24, 2.45) is 5.73 Å². The molecule has 3 N–H and O–H groups in total. The van der Waals surface area contributed by atoms with Crippen LogP contribution in [0.3, 0.4) is 0 Å². The number of nitrogen functional groups attached to an aromatic ring is 1. The van der Waals surface area contributed by atoms with Crippen LogP contribution >= 0.6 is 0 Å². The van der Waals surface area contributed by atoms with Crippen LogP contribution in [0.2, 0.25) is 0 Å². The van der Waals surface area contributed by atoms with Crippen LogP contribution in [0.4, 0.5) is 0 Å². The molecule has 2 heterocycles. The predicted molar refractivity (Wildman–Crippen MR) is 63.2 cm³/mol. The van der Waals surface area contributed by atoms with Crippen molar-refractivity contribution < 1.29 is 4.74 Å². The van der Waals surface area contributed by atoms with Crippen molar-refractivity contribution in [2.75, 3.05) is 0 Å². The molecule has 0 saturated heterocycles. The summed E-state index contributed by atoms with van der Waals surface area (Å²) in [6.45, 7) is 2.76. The lowest BCUT2D eigenvalue weighted by molar-refractivity contribution is 0.477. The number of nitrogens with two attached hydrogens (primary N) is 1. The van der Waals surface area contributed by atoms with Gasteiger partial charge in [0.1, 0.15) is 11.5 Å². The number of hydrogen-bond donors (Lipinski definition) is 2. The summed E-state index contributed by atoms with van der Waals surface area (Å²) in [5, 5.41) is 11.5. The topological polar surface area (TPSA) is 89.8 Å². The second kappa shape index (κ2) is 4.65. The van der Waals surface area contributed by atoms with E-state index in [-0.39, 0.29) is 5.84 Å². The molecular formula is C11H13N5O. The third-order valence-corrected chi connectivity index (χ3v) is 2.19. The van der Waals surface area contributed by atoms with Gasteiger partial charge in [-0.05, 0) is 19.1 Å². The Morgan fingerprint density at radius 3 is 3.06 bits per heavy atom. The van der Waals surface area contributed by atoms with E-state index in [1.165, 1.54) is 0 Å². The fraction of sp³-hybridized carbons (Fsp3) is 0.182. The van der Waals surface area contributed by atoms with Crippen LogP contribution < -0.4 is 10.5 Å². The zero-order valence-corrected chi connectivity index (χ0v) is 9.42. The van der Waals surface area contributed by atoms with E-state index in [9.17, 15) is 0 Å². The summed E-state index contributed by atoms with van der Waals surface area (Å²) in [5.74, 6) is 0.932. The minimum Gasteiger partial charge on any atom is -0.452 e. The molecule has 0 atom stereocenters. The molecule has 0 fully saturated rings. The van der Waals surface area contributed by atoms with Crippen molar-refractivity contribution in [2.45, 2.75) is 13.5 Å². The normalized spacial score (nSPS) is 10.2. The second-order valence-corrected chi connectivity index (χ2v) is 3.40. The quantitative estimate of drug-likeness (QED) is 0.614. The number of aryl methyl sites for hydroxylation is 1. The molecule has 0 aliphatic heterocycles. The summed E-state index contributed by atoms with van der Waals surface area (Å²) in [6, 6.07) is 3.44. The van der Waals surface area contributed by atoms with Gasteiger partial charge in [-0.1, -0.05) is 0 Å². The Morgan fingerprint density at radius 2 is 2.41 bits per heavy atom. The molecule has 0 radical (unpaired) electrons. The van der Waals surface area contributed by atoms with Crippen molar-refractivity contribution >= 4 is 5.84 Å². The maximum atomic E-state index is 7.40. The van der Waals surface area contributed by atoms with Crippen LogP contribution in [0.1, 0.15) is 12.6 Å².